The molecule has 1 aromatic carbocycles. The summed E-state index contributed by atoms with van der Waals surface area (Å²) in [4.78, 5) is 3.90. The molecular weight excluding hydrogens is 283 g/mol. The fourth-order valence-corrected chi connectivity index (χ4v) is 1.81. The zero-order chi connectivity index (χ0) is 15.5. The predicted molar refractivity (Wildman–Crippen MR) is 70.1 cm³/mol. The Morgan fingerprint density at radius 2 is 2.00 bits per heavy atom. The Kier molecular flexibility index (Phi) is 3.98. The lowest BCUT2D eigenvalue weighted by Gasteiger charge is -2.13. The van der Waals surface area contributed by atoms with Crippen molar-refractivity contribution in [3.05, 3.63) is 42.1 Å². The van der Waals surface area contributed by atoms with Crippen LogP contribution < -0.4 is 10.5 Å². The third-order valence-corrected chi connectivity index (χ3v) is 2.69. The van der Waals surface area contributed by atoms with E-state index >= 15 is 0 Å². The summed E-state index contributed by atoms with van der Waals surface area (Å²) in [5.41, 5.74) is 6.70. The standard InChI is InChI=1S/C14H10F3N3O/c15-14(16,17)21-12-4-2-1-3-11(12)10-7-9(5-6-18)13(19)20-8-10/h1-4,7-8H,5H2,(H2,19,20). The molecule has 0 radical (unpaired) electrons. The molecule has 0 bridgehead atoms. The van der Waals surface area contributed by atoms with E-state index < -0.39 is 6.36 Å². The number of rotatable bonds is 3. The van der Waals surface area contributed by atoms with Gasteiger partial charge in [0.05, 0.1) is 12.5 Å². The van der Waals surface area contributed by atoms with Gasteiger partial charge in [0.25, 0.3) is 0 Å². The number of pyridine rings is 1. The van der Waals surface area contributed by atoms with Gasteiger partial charge in [0.15, 0.2) is 0 Å². The number of nitrogens with zero attached hydrogens (tertiary/aromatic N) is 2. The van der Waals surface area contributed by atoms with Gasteiger partial charge in [-0.05, 0) is 12.1 Å². The first-order valence-corrected chi connectivity index (χ1v) is 5.87. The van der Waals surface area contributed by atoms with Crippen LogP contribution in [0.4, 0.5) is 19.0 Å². The fourth-order valence-electron chi connectivity index (χ4n) is 1.81. The summed E-state index contributed by atoms with van der Waals surface area (Å²) in [5.74, 6) is -0.158. The van der Waals surface area contributed by atoms with E-state index in [0.29, 0.717) is 11.1 Å². The second-order valence-corrected chi connectivity index (χ2v) is 4.15. The number of anilines is 1. The number of para-hydroxylation sites is 1. The van der Waals surface area contributed by atoms with Gasteiger partial charge in [-0.3, -0.25) is 0 Å². The molecule has 0 saturated carbocycles. The Morgan fingerprint density at radius 3 is 2.67 bits per heavy atom. The molecule has 0 amide bonds. The number of halogens is 3. The molecule has 0 saturated heterocycles. The molecule has 2 aromatic rings. The molecule has 21 heavy (non-hydrogen) atoms. The lowest BCUT2D eigenvalue weighted by atomic mass is 10.0. The number of nitrogens with two attached hydrogens (primary N) is 1. The number of benzene rings is 1. The van der Waals surface area contributed by atoms with E-state index in [1.807, 2.05) is 6.07 Å². The highest BCUT2D eigenvalue weighted by Gasteiger charge is 2.32. The number of hydrogen-bond donors (Lipinski definition) is 1. The van der Waals surface area contributed by atoms with E-state index in [-0.39, 0.29) is 23.6 Å². The molecule has 0 aliphatic carbocycles. The van der Waals surface area contributed by atoms with E-state index in [9.17, 15) is 13.2 Å². The van der Waals surface area contributed by atoms with Crippen molar-refractivity contribution < 1.29 is 17.9 Å². The summed E-state index contributed by atoms with van der Waals surface area (Å²) >= 11 is 0. The van der Waals surface area contributed by atoms with Crippen LogP contribution in [0.15, 0.2) is 36.5 Å². The number of nitriles is 1. The quantitative estimate of drug-likeness (QED) is 0.942. The Morgan fingerprint density at radius 1 is 1.29 bits per heavy atom. The molecular formula is C14H10F3N3O. The maximum Gasteiger partial charge on any atom is 0.573 e. The van der Waals surface area contributed by atoms with Gasteiger partial charge in [-0.2, -0.15) is 5.26 Å². The molecule has 0 spiro atoms. The average molecular weight is 293 g/mol. The van der Waals surface area contributed by atoms with Gasteiger partial charge in [0, 0.05) is 22.9 Å². The minimum absolute atomic E-state index is 0.0228. The average Bonchev–Trinajstić information content (AvgIpc) is 2.40. The van der Waals surface area contributed by atoms with Crippen molar-refractivity contribution in [3.8, 4) is 22.9 Å². The minimum atomic E-state index is -4.78. The lowest BCUT2D eigenvalue weighted by molar-refractivity contribution is -0.274. The summed E-state index contributed by atoms with van der Waals surface area (Å²) in [6.07, 6.45) is -3.42. The van der Waals surface area contributed by atoms with Gasteiger partial charge >= 0.3 is 6.36 Å². The minimum Gasteiger partial charge on any atom is -0.405 e. The molecule has 2 rings (SSSR count). The van der Waals surface area contributed by atoms with E-state index in [2.05, 4.69) is 9.72 Å². The van der Waals surface area contributed by atoms with Crippen molar-refractivity contribution in [3.63, 3.8) is 0 Å². The van der Waals surface area contributed by atoms with Crippen LogP contribution in [0.2, 0.25) is 0 Å². The van der Waals surface area contributed by atoms with E-state index in [0.717, 1.165) is 0 Å². The van der Waals surface area contributed by atoms with Crippen LogP contribution in [0.1, 0.15) is 5.56 Å². The normalized spacial score (nSPS) is 11.0. The maximum atomic E-state index is 12.4. The van der Waals surface area contributed by atoms with Gasteiger partial charge in [0.2, 0.25) is 0 Å². The van der Waals surface area contributed by atoms with Crippen LogP contribution in [0, 0.1) is 11.3 Å². The smallest absolute Gasteiger partial charge is 0.405 e. The monoisotopic (exact) mass is 293 g/mol. The first-order valence-electron chi connectivity index (χ1n) is 5.87. The molecule has 0 fully saturated rings. The molecule has 4 nitrogen and oxygen atoms in total. The zero-order valence-corrected chi connectivity index (χ0v) is 10.7. The molecule has 108 valence electrons. The molecule has 0 aliphatic heterocycles. The van der Waals surface area contributed by atoms with Crippen molar-refractivity contribution in [1.29, 1.82) is 5.26 Å². The predicted octanol–water partition coefficient (Wildman–Crippen LogP) is 3.30. The summed E-state index contributed by atoms with van der Waals surface area (Å²) in [6, 6.07) is 9.16. The number of ether oxygens (including phenoxy) is 1. The maximum absolute atomic E-state index is 12.4. The Balaban J connectivity index is 2.47. The topological polar surface area (TPSA) is 71.9 Å². The first kappa shape index (κ1) is 14.7. The van der Waals surface area contributed by atoms with Gasteiger partial charge < -0.3 is 10.5 Å². The van der Waals surface area contributed by atoms with Gasteiger partial charge in [0.1, 0.15) is 11.6 Å². The van der Waals surface area contributed by atoms with Crippen LogP contribution in [-0.4, -0.2) is 11.3 Å². The molecule has 0 aliphatic rings. The summed E-state index contributed by atoms with van der Waals surface area (Å²) in [6.45, 7) is 0. The molecule has 2 N–H and O–H groups in total. The number of hydrogen-bond acceptors (Lipinski definition) is 4. The number of alkyl halides is 3. The van der Waals surface area contributed by atoms with Gasteiger partial charge in [-0.15, -0.1) is 13.2 Å². The zero-order valence-electron chi connectivity index (χ0n) is 10.7. The third kappa shape index (κ3) is 3.63. The SMILES string of the molecule is N#CCc1cc(-c2ccccc2OC(F)(F)F)cnc1N. The number of aromatic nitrogens is 1. The van der Waals surface area contributed by atoms with Crippen molar-refractivity contribution in [2.75, 3.05) is 5.73 Å². The van der Waals surface area contributed by atoms with E-state index in [1.165, 1.54) is 30.5 Å². The number of nitrogen functional groups attached to an aromatic ring is 1. The summed E-state index contributed by atoms with van der Waals surface area (Å²) < 4.78 is 41.2. The summed E-state index contributed by atoms with van der Waals surface area (Å²) in [7, 11) is 0. The van der Waals surface area contributed by atoms with Crippen LogP contribution in [0.25, 0.3) is 11.1 Å². The van der Waals surface area contributed by atoms with Gasteiger partial charge in [-0.25, -0.2) is 4.98 Å². The molecule has 0 atom stereocenters. The third-order valence-electron chi connectivity index (χ3n) is 2.69. The molecule has 1 aromatic heterocycles. The van der Waals surface area contributed by atoms with Crippen molar-refractivity contribution in [1.82, 2.24) is 4.98 Å². The van der Waals surface area contributed by atoms with Crippen molar-refractivity contribution in [2.24, 2.45) is 0 Å². The highest BCUT2D eigenvalue weighted by atomic mass is 19.4. The van der Waals surface area contributed by atoms with Crippen LogP contribution in [-0.2, 0) is 6.42 Å². The highest BCUT2D eigenvalue weighted by Crippen LogP contribution is 2.34. The second kappa shape index (κ2) is 5.71. The Bertz CT molecular complexity index is 693. The van der Waals surface area contributed by atoms with E-state index in [4.69, 9.17) is 11.0 Å². The molecule has 7 heteroatoms. The van der Waals surface area contributed by atoms with Crippen LogP contribution >= 0.6 is 0 Å². The highest BCUT2D eigenvalue weighted by molar-refractivity contribution is 5.71. The molecule has 1 heterocycles. The van der Waals surface area contributed by atoms with Crippen LogP contribution in [0.5, 0.6) is 5.75 Å². The first-order chi connectivity index (χ1) is 9.90. The summed E-state index contributed by atoms with van der Waals surface area (Å²) in [5, 5.41) is 8.71. The van der Waals surface area contributed by atoms with Crippen LogP contribution in [0.3, 0.4) is 0 Å². The Hall–Kier alpha value is -2.75. The molecule has 0 unspecified atom stereocenters. The second-order valence-electron chi connectivity index (χ2n) is 4.15. The van der Waals surface area contributed by atoms with Gasteiger partial charge in [-0.1, -0.05) is 18.2 Å². The largest absolute Gasteiger partial charge is 0.573 e. The Labute approximate surface area is 118 Å². The lowest BCUT2D eigenvalue weighted by Crippen LogP contribution is -2.17. The van der Waals surface area contributed by atoms with E-state index in [1.54, 1.807) is 6.07 Å². The van der Waals surface area contributed by atoms with Crippen molar-refractivity contribution >= 4 is 5.82 Å². The fraction of sp³-hybridized carbons (Fsp3) is 0.143. The van der Waals surface area contributed by atoms with Crippen molar-refractivity contribution in [2.45, 2.75) is 12.8 Å².